The molecule has 4 rings (SSSR count). The van der Waals surface area contributed by atoms with Crippen molar-refractivity contribution in [2.75, 3.05) is 11.9 Å². The second-order valence-electron chi connectivity index (χ2n) is 8.94. The number of fused-ring (bicyclic) bond motifs is 1. The highest BCUT2D eigenvalue weighted by molar-refractivity contribution is 6.11. The molecule has 1 aliphatic carbocycles. The molecule has 0 saturated heterocycles. The molecule has 9 nitrogen and oxygen atoms in total. The third kappa shape index (κ3) is 4.15. The van der Waals surface area contributed by atoms with Crippen molar-refractivity contribution in [3.8, 4) is 0 Å². The SMILES string of the molecule is CCN1C(=O)c2c(C(=O)Nc3ccc(C(C)=O)cc3)ncn2C[C@@]1(C)C(=O)NC1CCCC1. The minimum Gasteiger partial charge on any atom is -0.351 e. The van der Waals surface area contributed by atoms with Crippen LogP contribution in [0.5, 0.6) is 0 Å². The molecule has 0 spiro atoms. The van der Waals surface area contributed by atoms with E-state index in [2.05, 4.69) is 15.6 Å². The van der Waals surface area contributed by atoms with Crippen LogP contribution in [0.1, 0.15) is 77.8 Å². The first-order valence-electron chi connectivity index (χ1n) is 11.3. The highest BCUT2D eigenvalue weighted by Crippen LogP contribution is 2.30. The maximum absolute atomic E-state index is 13.4. The Morgan fingerprint density at radius 2 is 1.82 bits per heavy atom. The van der Waals surface area contributed by atoms with Crippen LogP contribution in [0.4, 0.5) is 5.69 Å². The van der Waals surface area contributed by atoms with Gasteiger partial charge in [-0.05, 0) is 57.9 Å². The zero-order valence-electron chi connectivity index (χ0n) is 19.2. The van der Waals surface area contributed by atoms with Gasteiger partial charge >= 0.3 is 0 Å². The van der Waals surface area contributed by atoms with Gasteiger partial charge in [-0.25, -0.2) is 4.98 Å². The molecule has 2 aliphatic rings. The van der Waals surface area contributed by atoms with E-state index in [0.717, 1.165) is 25.7 Å². The molecule has 2 aromatic rings. The molecule has 1 aliphatic heterocycles. The zero-order chi connectivity index (χ0) is 23.8. The van der Waals surface area contributed by atoms with Crippen LogP contribution in [0, 0.1) is 0 Å². The summed E-state index contributed by atoms with van der Waals surface area (Å²) in [6.45, 7) is 5.59. The Balaban J connectivity index is 1.57. The monoisotopic (exact) mass is 451 g/mol. The summed E-state index contributed by atoms with van der Waals surface area (Å²) in [4.78, 5) is 56.7. The molecule has 3 amide bonds. The number of aromatic nitrogens is 2. The van der Waals surface area contributed by atoms with Gasteiger partial charge in [-0.1, -0.05) is 12.8 Å². The van der Waals surface area contributed by atoms with E-state index in [4.69, 9.17) is 0 Å². The van der Waals surface area contributed by atoms with Crippen molar-refractivity contribution in [2.45, 2.75) is 64.6 Å². The van der Waals surface area contributed by atoms with Gasteiger partial charge in [0.25, 0.3) is 11.8 Å². The molecule has 0 unspecified atom stereocenters. The van der Waals surface area contributed by atoms with E-state index in [1.54, 1.807) is 35.8 Å². The predicted molar refractivity (Wildman–Crippen MR) is 122 cm³/mol. The first kappa shape index (κ1) is 22.7. The van der Waals surface area contributed by atoms with Crippen LogP contribution < -0.4 is 10.6 Å². The molecular formula is C24H29N5O4. The number of carbonyl (C=O) groups excluding carboxylic acids is 4. The normalized spacial score (nSPS) is 20.5. The van der Waals surface area contributed by atoms with Gasteiger partial charge in [0.15, 0.2) is 11.5 Å². The highest BCUT2D eigenvalue weighted by atomic mass is 16.2. The summed E-state index contributed by atoms with van der Waals surface area (Å²) in [5.41, 5.74) is 0.130. The van der Waals surface area contributed by atoms with E-state index < -0.39 is 17.4 Å². The van der Waals surface area contributed by atoms with Crippen molar-refractivity contribution in [1.82, 2.24) is 19.8 Å². The maximum atomic E-state index is 13.4. The minimum absolute atomic E-state index is 0.00680. The fraction of sp³-hybridized carbons (Fsp3) is 0.458. The van der Waals surface area contributed by atoms with Gasteiger partial charge < -0.3 is 20.1 Å². The van der Waals surface area contributed by atoms with E-state index in [9.17, 15) is 19.2 Å². The number of rotatable bonds is 6. The molecule has 0 bridgehead atoms. The lowest BCUT2D eigenvalue weighted by atomic mass is 9.94. The van der Waals surface area contributed by atoms with E-state index in [-0.39, 0.29) is 35.7 Å². The quantitative estimate of drug-likeness (QED) is 0.656. The molecule has 1 saturated carbocycles. The Hall–Kier alpha value is -3.49. The molecule has 1 fully saturated rings. The number of likely N-dealkylation sites (N-methyl/N-ethyl adjacent to an activating group) is 1. The standard InChI is InChI=1S/C24H29N5O4/c1-4-29-22(32)20-19(21(31)26-18-11-9-16(10-12-18)15(2)30)25-14-28(20)13-24(29,3)23(33)27-17-7-5-6-8-17/h9-12,14,17H,4-8,13H2,1-3H3,(H,26,31)(H,27,33)/t24-/m0/s1. The summed E-state index contributed by atoms with van der Waals surface area (Å²) in [5.74, 6) is -1.17. The molecule has 2 N–H and O–H groups in total. The van der Waals surface area contributed by atoms with Gasteiger partial charge in [0.05, 0.1) is 12.9 Å². The third-order valence-electron chi connectivity index (χ3n) is 6.62. The minimum atomic E-state index is -1.07. The third-order valence-corrected chi connectivity index (χ3v) is 6.62. The van der Waals surface area contributed by atoms with Gasteiger partial charge in [0.2, 0.25) is 5.91 Å². The van der Waals surface area contributed by atoms with Crippen LogP contribution in [0.2, 0.25) is 0 Å². The van der Waals surface area contributed by atoms with Crippen molar-refractivity contribution >= 4 is 29.2 Å². The van der Waals surface area contributed by atoms with E-state index in [0.29, 0.717) is 17.8 Å². The van der Waals surface area contributed by atoms with E-state index >= 15 is 0 Å². The molecule has 1 atom stereocenters. The summed E-state index contributed by atoms with van der Waals surface area (Å²) in [5, 5.41) is 5.84. The van der Waals surface area contributed by atoms with Gasteiger partial charge in [-0.2, -0.15) is 0 Å². The number of anilines is 1. The van der Waals surface area contributed by atoms with Gasteiger partial charge in [-0.3, -0.25) is 19.2 Å². The second kappa shape index (κ2) is 8.80. The number of nitrogens with one attached hydrogen (secondary N) is 2. The van der Waals surface area contributed by atoms with Crippen LogP contribution in [-0.4, -0.2) is 56.1 Å². The number of amides is 3. The van der Waals surface area contributed by atoms with Crippen molar-refractivity contribution in [3.63, 3.8) is 0 Å². The topological polar surface area (TPSA) is 113 Å². The smallest absolute Gasteiger partial charge is 0.276 e. The number of imidazole rings is 1. The predicted octanol–water partition coefficient (Wildman–Crippen LogP) is 2.63. The molecule has 1 aromatic heterocycles. The summed E-state index contributed by atoms with van der Waals surface area (Å²) < 4.78 is 1.59. The summed E-state index contributed by atoms with van der Waals surface area (Å²) in [7, 11) is 0. The van der Waals surface area contributed by atoms with Gasteiger partial charge in [0.1, 0.15) is 11.2 Å². The van der Waals surface area contributed by atoms with Crippen LogP contribution >= 0.6 is 0 Å². The molecule has 174 valence electrons. The Morgan fingerprint density at radius 1 is 1.15 bits per heavy atom. The lowest BCUT2D eigenvalue weighted by Gasteiger charge is -2.43. The van der Waals surface area contributed by atoms with Gasteiger partial charge in [-0.15, -0.1) is 0 Å². The summed E-state index contributed by atoms with van der Waals surface area (Å²) >= 11 is 0. The van der Waals surface area contributed by atoms with Crippen molar-refractivity contribution in [3.05, 3.63) is 47.5 Å². The number of hydrogen-bond donors (Lipinski definition) is 2. The number of ketones is 1. The Kier molecular flexibility index (Phi) is 6.05. The zero-order valence-corrected chi connectivity index (χ0v) is 19.2. The first-order valence-corrected chi connectivity index (χ1v) is 11.3. The number of hydrogen-bond acceptors (Lipinski definition) is 5. The Morgan fingerprint density at radius 3 is 2.42 bits per heavy atom. The molecule has 2 heterocycles. The Bertz CT molecular complexity index is 1100. The number of Topliss-reactive ketones (excluding diaryl/α,β-unsaturated/α-hetero) is 1. The molecular weight excluding hydrogens is 422 g/mol. The van der Waals surface area contributed by atoms with Crippen molar-refractivity contribution < 1.29 is 19.2 Å². The van der Waals surface area contributed by atoms with Crippen LogP contribution in [0.3, 0.4) is 0 Å². The Labute approximate surface area is 192 Å². The van der Waals surface area contributed by atoms with Crippen LogP contribution in [-0.2, 0) is 11.3 Å². The largest absolute Gasteiger partial charge is 0.351 e. The molecule has 1 aromatic carbocycles. The fourth-order valence-electron chi connectivity index (χ4n) is 4.74. The average Bonchev–Trinajstić information content (AvgIpc) is 3.44. The second-order valence-corrected chi connectivity index (χ2v) is 8.94. The lowest BCUT2D eigenvalue weighted by Crippen LogP contribution is -2.64. The average molecular weight is 452 g/mol. The van der Waals surface area contributed by atoms with Crippen molar-refractivity contribution in [1.29, 1.82) is 0 Å². The van der Waals surface area contributed by atoms with E-state index in [1.165, 1.54) is 18.2 Å². The van der Waals surface area contributed by atoms with Crippen LogP contribution in [0.25, 0.3) is 0 Å². The van der Waals surface area contributed by atoms with E-state index in [1.807, 2.05) is 6.92 Å². The van der Waals surface area contributed by atoms with Crippen LogP contribution in [0.15, 0.2) is 30.6 Å². The maximum Gasteiger partial charge on any atom is 0.276 e. The highest BCUT2D eigenvalue weighted by Gasteiger charge is 2.48. The van der Waals surface area contributed by atoms with Crippen molar-refractivity contribution in [2.24, 2.45) is 0 Å². The molecule has 0 radical (unpaired) electrons. The molecule has 33 heavy (non-hydrogen) atoms. The summed E-state index contributed by atoms with van der Waals surface area (Å²) in [6.07, 6.45) is 5.54. The van der Waals surface area contributed by atoms with Gasteiger partial charge in [0, 0.05) is 23.8 Å². The summed E-state index contributed by atoms with van der Waals surface area (Å²) in [6, 6.07) is 6.64. The first-order chi connectivity index (χ1) is 15.7. The fourth-order valence-corrected chi connectivity index (χ4v) is 4.74. The lowest BCUT2D eigenvalue weighted by molar-refractivity contribution is -0.133. The number of benzene rings is 1. The number of nitrogens with zero attached hydrogens (tertiary/aromatic N) is 3. The molecule has 9 heteroatoms. The number of carbonyl (C=O) groups is 4.